The number of likely N-dealkylation sites (tertiary alicyclic amines) is 1. The maximum Gasteiger partial charge on any atom is 0.251 e. The molecule has 2 unspecified atom stereocenters. The molecule has 0 spiro atoms. The summed E-state index contributed by atoms with van der Waals surface area (Å²) < 4.78 is 15.6. The molecule has 3 aromatic rings. The number of hydrogen-bond donors (Lipinski definition) is 6. The number of hydrogen-bond acceptors (Lipinski definition) is 9. The third-order valence-electron chi connectivity index (χ3n) is 15.3. The van der Waals surface area contributed by atoms with Crippen molar-refractivity contribution in [3.63, 3.8) is 0 Å². The van der Waals surface area contributed by atoms with E-state index in [1.807, 2.05) is 59.7 Å². The highest BCUT2D eigenvalue weighted by Crippen LogP contribution is 2.36. The molecule has 2 fully saturated rings. The number of halogens is 1. The van der Waals surface area contributed by atoms with E-state index in [0.29, 0.717) is 28.9 Å². The summed E-state index contributed by atoms with van der Waals surface area (Å²) in [7, 11) is 1.14. The van der Waals surface area contributed by atoms with Crippen molar-refractivity contribution in [1.82, 2.24) is 46.6 Å². The van der Waals surface area contributed by atoms with Crippen LogP contribution in [-0.2, 0) is 41.7 Å². The Balaban J connectivity index is 1.25. The second-order valence-corrected chi connectivity index (χ2v) is 29.0. The second kappa shape index (κ2) is 23.9. The lowest BCUT2D eigenvalue weighted by Crippen LogP contribution is -2.60. The largest absolute Gasteiger partial charge is 0.347 e. The van der Waals surface area contributed by atoms with Crippen LogP contribution in [0.4, 0.5) is 4.39 Å². The number of likely N-dealkylation sites (N-methyl/N-ethyl adjacent to an activating group) is 2. The Labute approximate surface area is 444 Å². The smallest absolute Gasteiger partial charge is 0.251 e. The summed E-state index contributed by atoms with van der Waals surface area (Å²) >= 11 is 0. The topological polar surface area (TPSA) is 201 Å². The maximum atomic E-state index is 15.6. The van der Waals surface area contributed by atoms with Crippen LogP contribution < -0.4 is 31.9 Å². The molecule has 0 saturated carbocycles. The van der Waals surface area contributed by atoms with E-state index in [-0.39, 0.29) is 55.1 Å². The van der Waals surface area contributed by atoms with Crippen LogP contribution in [0.2, 0.25) is 19.1 Å². The molecule has 18 heteroatoms. The summed E-state index contributed by atoms with van der Waals surface area (Å²) in [6.07, 6.45) is 3.08. The van der Waals surface area contributed by atoms with Gasteiger partial charge in [-0.25, -0.2) is 4.39 Å². The molecule has 75 heavy (non-hydrogen) atoms. The van der Waals surface area contributed by atoms with E-state index in [0.717, 1.165) is 24.8 Å². The van der Waals surface area contributed by atoms with E-state index >= 15 is 9.18 Å². The normalized spacial score (nSPS) is 21.4. The van der Waals surface area contributed by atoms with Gasteiger partial charge in [-0.3, -0.25) is 33.6 Å². The van der Waals surface area contributed by atoms with Gasteiger partial charge in [0.15, 0.2) is 0 Å². The Morgan fingerprint density at radius 3 is 1.87 bits per heavy atom. The van der Waals surface area contributed by atoms with E-state index in [9.17, 15) is 28.8 Å². The first-order chi connectivity index (χ1) is 35.1. The molecule has 3 aromatic carbocycles. The van der Waals surface area contributed by atoms with Crippen molar-refractivity contribution in [3.8, 4) is 0 Å². The van der Waals surface area contributed by atoms with Crippen LogP contribution in [0.25, 0.3) is 0 Å². The third-order valence-corrected chi connectivity index (χ3v) is 18.0. The molecule has 0 bridgehead atoms. The number of aryl methyl sites for hydroxylation is 1. The minimum absolute atomic E-state index is 0.0231. The monoisotopic (exact) mass is 1050 g/mol. The van der Waals surface area contributed by atoms with Gasteiger partial charge in [-0.2, -0.15) is 0 Å². The molecular weight excluding hydrogens is 970 g/mol. The first-order valence-corrected chi connectivity index (χ1v) is 30.0. The van der Waals surface area contributed by atoms with E-state index in [2.05, 4.69) is 51.1 Å². The lowest BCUT2D eigenvalue weighted by Gasteiger charge is -2.38. The molecule has 2 heterocycles. The van der Waals surface area contributed by atoms with Crippen LogP contribution in [0.1, 0.15) is 126 Å². The van der Waals surface area contributed by atoms with Crippen LogP contribution in [0.3, 0.4) is 0 Å². The number of benzene rings is 3. The van der Waals surface area contributed by atoms with Gasteiger partial charge in [-0.15, -0.1) is 0 Å². The van der Waals surface area contributed by atoms with E-state index in [4.69, 9.17) is 0 Å². The van der Waals surface area contributed by atoms with Crippen molar-refractivity contribution in [2.75, 3.05) is 26.8 Å². The highest BCUT2D eigenvalue weighted by molar-refractivity contribution is 6.79. The molecule has 16 nitrogen and oxygen atoms in total. The number of fused-ring (bicyclic) bond motifs is 1. The molecule has 9 atom stereocenters. The van der Waals surface area contributed by atoms with Crippen molar-refractivity contribution in [1.29, 1.82) is 0 Å². The van der Waals surface area contributed by atoms with Gasteiger partial charge in [0.2, 0.25) is 35.4 Å². The second-order valence-electron chi connectivity index (χ2n) is 23.9. The molecule has 6 N–H and O–H groups in total. The Morgan fingerprint density at radius 1 is 0.733 bits per heavy atom. The maximum absolute atomic E-state index is 15.6. The number of nitrogens with zero attached hydrogens (tertiary/aromatic N) is 3. The first kappa shape index (κ1) is 58.3. The lowest BCUT2D eigenvalue weighted by molar-refractivity contribution is -0.148. The number of nitrogens with one attached hydrogen (secondary N) is 6. The van der Waals surface area contributed by atoms with Gasteiger partial charge >= 0.3 is 0 Å². The van der Waals surface area contributed by atoms with Gasteiger partial charge in [0.1, 0.15) is 30.0 Å². The Bertz CT molecular complexity index is 2580. The Hall–Kier alpha value is -5.98. The lowest BCUT2D eigenvalue weighted by atomic mass is 9.85. The minimum atomic E-state index is -2.18. The van der Waals surface area contributed by atoms with Crippen LogP contribution in [-0.4, -0.2) is 133 Å². The zero-order chi connectivity index (χ0) is 55.3. The SMILES string of the molecule is CN[C@@H](C)C(=O)N[C@H](C(=O)N1CC(NC(=O)c2ccc(CN(C(=O)[C@@H]3C[Si](C)(C)CN3C(=O)[C@@H](NC(=O)[C@H](C)NC)C(C)(C)C)[C@H](C)c3ccccc3F)cc2)C[C@H]1C(=O)NC1CCCc2ccccc21)C(C)(C)C. The third kappa shape index (κ3) is 13.9. The number of carbonyl (C=O) groups excluding carboxylic acids is 7. The molecule has 7 amide bonds. The van der Waals surface area contributed by atoms with Crippen molar-refractivity contribution in [2.24, 2.45) is 10.8 Å². The Morgan fingerprint density at radius 2 is 1.29 bits per heavy atom. The number of rotatable bonds is 17. The Kier molecular flexibility index (Phi) is 18.6. The van der Waals surface area contributed by atoms with E-state index in [1.165, 1.54) is 16.5 Å². The molecule has 1 aliphatic carbocycles. The fraction of sp³-hybridized carbons (Fsp3) is 0.561. The predicted molar refractivity (Wildman–Crippen MR) is 291 cm³/mol. The standard InChI is InChI=1S/C57H82FN9O7Si/c1-34(59-10)49(68)63-47(56(4,5)6)54(73)66-31-40(29-45(66)52(71)62-44-24-18-20-38-19-14-15-22-42(38)44)61-51(70)39-27-25-37(26-28-39)30-65(36(3)41-21-16-17-23-43(41)58)53(72)46-32-75(12,13)33-67(46)55(74)48(57(7,8)9)64-50(69)35(2)60-11/h14-17,19,21-23,25-28,34-36,40,44-48,59-60H,18,20,24,29-33H2,1-13H3,(H,61,70)(H,62,71)(H,63,68)(H,64,69)/t34-,35-,36+,40?,44?,45-,46-,47+,48+/m0/s1. The molecular formula is C57H82FN9O7Si. The highest BCUT2D eigenvalue weighted by atomic mass is 28.3. The van der Waals surface area contributed by atoms with Crippen molar-refractivity contribution in [2.45, 2.75) is 168 Å². The van der Waals surface area contributed by atoms with E-state index < -0.39 is 84.9 Å². The highest BCUT2D eigenvalue weighted by Gasteiger charge is 2.50. The van der Waals surface area contributed by atoms with Crippen LogP contribution >= 0.6 is 0 Å². The van der Waals surface area contributed by atoms with Gasteiger partial charge in [0.25, 0.3) is 5.91 Å². The molecule has 6 rings (SSSR count). The summed E-state index contributed by atoms with van der Waals surface area (Å²) in [5.41, 5.74) is 2.05. The fourth-order valence-corrected chi connectivity index (χ4v) is 13.4. The van der Waals surface area contributed by atoms with Gasteiger partial charge in [0, 0.05) is 36.4 Å². The average Bonchev–Trinajstić information content (AvgIpc) is 3.94. The van der Waals surface area contributed by atoms with Crippen LogP contribution in [0, 0.1) is 16.6 Å². The molecule has 2 saturated heterocycles. The molecule has 3 aliphatic rings. The summed E-state index contributed by atoms with van der Waals surface area (Å²) in [6, 6.07) is 15.1. The summed E-state index contributed by atoms with van der Waals surface area (Å²) in [5.74, 6) is -3.08. The molecule has 0 radical (unpaired) electrons. The zero-order valence-electron chi connectivity index (χ0n) is 46.4. The van der Waals surface area contributed by atoms with Crippen molar-refractivity contribution in [3.05, 3.63) is 106 Å². The van der Waals surface area contributed by atoms with Gasteiger partial charge in [-0.05, 0) is 112 Å². The number of carbonyl (C=O) groups is 7. The van der Waals surface area contributed by atoms with E-state index in [1.54, 1.807) is 87.1 Å². The van der Waals surface area contributed by atoms with Crippen molar-refractivity contribution < 1.29 is 38.0 Å². The number of amides is 7. The summed E-state index contributed by atoms with van der Waals surface area (Å²) in [6.45, 7) is 20.7. The predicted octanol–water partition coefficient (Wildman–Crippen LogP) is 5.54. The zero-order valence-corrected chi connectivity index (χ0v) is 47.4. The van der Waals surface area contributed by atoms with Gasteiger partial charge < -0.3 is 46.6 Å². The summed E-state index contributed by atoms with van der Waals surface area (Å²) in [4.78, 5) is 104. The molecule has 2 aliphatic heterocycles. The fourth-order valence-electron chi connectivity index (χ4n) is 10.6. The summed E-state index contributed by atoms with van der Waals surface area (Å²) in [5, 5.41) is 18.0. The van der Waals surface area contributed by atoms with Gasteiger partial charge in [0.05, 0.1) is 32.2 Å². The van der Waals surface area contributed by atoms with Crippen LogP contribution in [0.5, 0.6) is 0 Å². The average molecular weight is 1050 g/mol. The molecule has 408 valence electrons. The van der Waals surface area contributed by atoms with Crippen LogP contribution in [0.15, 0.2) is 72.8 Å². The molecule has 0 aromatic heterocycles. The quantitative estimate of drug-likeness (QED) is 0.0940. The van der Waals surface area contributed by atoms with Crippen molar-refractivity contribution >= 4 is 49.4 Å². The minimum Gasteiger partial charge on any atom is -0.347 e. The first-order valence-electron chi connectivity index (χ1n) is 26.5. The van der Waals surface area contributed by atoms with Gasteiger partial charge in [-0.1, -0.05) is 109 Å².